The third kappa shape index (κ3) is 27.6. The van der Waals surface area contributed by atoms with Gasteiger partial charge in [-0.1, -0.05) is 153 Å². The zero-order valence-corrected chi connectivity index (χ0v) is 33.8. The highest BCUT2D eigenvalue weighted by molar-refractivity contribution is 5.69. The summed E-state index contributed by atoms with van der Waals surface area (Å²) in [5.41, 5.74) is 0. The van der Waals surface area contributed by atoms with Gasteiger partial charge in [-0.25, -0.2) is 0 Å². The van der Waals surface area contributed by atoms with Crippen LogP contribution >= 0.6 is 0 Å². The fourth-order valence-corrected chi connectivity index (χ4v) is 6.38. The number of allylic oxidation sites excluding steroid dienone is 6. The molecule has 0 radical (unpaired) electrons. The molecule has 1 aliphatic heterocycles. The van der Waals surface area contributed by atoms with Crippen LogP contribution in [-0.2, 0) is 23.7 Å². The lowest BCUT2D eigenvalue weighted by atomic mass is 9.99. The summed E-state index contributed by atoms with van der Waals surface area (Å²) in [4.78, 5) is 12.6. The van der Waals surface area contributed by atoms with Gasteiger partial charge in [0.05, 0.1) is 19.8 Å². The largest absolute Gasteiger partial charge is 0.457 e. The molecule has 1 aliphatic rings. The van der Waals surface area contributed by atoms with Crippen LogP contribution in [0.15, 0.2) is 36.5 Å². The molecule has 1 fully saturated rings. The summed E-state index contributed by atoms with van der Waals surface area (Å²) < 4.78 is 22.6. The van der Waals surface area contributed by atoms with Crippen LogP contribution in [0.2, 0.25) is 0 Å². The quantitative estimate of drug-likeness (QED) is 0.0281. The summed E-state index contributed by atoms with van der Waals surface area (Å²) in [5, 5.41) is 39.9. The molecule has 1 saturated heterocycles. The minimum Gasteiger partial charge on any atom is -0.457 e. The van der Waals surface area contributed by atoms with Crippen molar-refractivity contribution in [1.82, 2.24) is 0 Å². The Kier molecular flexibility index (Phi) is 33.6. The highest BCUT2D eigenvalue weighted by Gasteiger charge is 2.44. The Morgan fingerprint density at radius 2 is 1.09 bits per heavy atom. The number of carbonyl (C=O) groups is 1. The molecule has 1 rings (SSSR count). The van der Waals surface area contributed by atoms with Gasteiger partial charge in [0.1, 0.15) is 30.5 Å². The van der Waals surface area contributed by atoms with Crippen LogP contribution in [0.3, 0.4) is 0 Å². The fraction of sp³-hybridized carbons (Fsp3) is 0.841. The minimum absolute atomic E-state index is 0.115. The van der Waals surface area contributed by atoms with Gasteiger partial charge in [-0.05, 0) is 51.4 Å². The molecule has 53 heavy (non-hydrogen) atoms. The Bertz CT molecular complexity index is 905. The van der Waals surface area contributed by atoms with E-state index in [1.165, 1.54) is 109 Å². The van der Waals surface area contributed by atoms with Crippen molar-refractivity contribution in [3.8, 4) is 0 Å². The smallest absolute Gasteiger partial charge is 0.306 e. The zero-order chi connectivity index (χ0) is 38.6. The van der Waals surface area contributed by atoms with Gasteiger partial charge in [-0.15, -0.1) is 0 Å². The van der Waals surface area contributed by atoms with Crippen molar-refractivity contribution < 1.29 is 44.2 Å². The first kappa shape index (κ1) is 49.4. The van der Waals surface area contributed by atoms with Gasteiger partial charge in [0.25, 0.3) is 0 Å². The van der Waals surface area contributed by atoms with E-state index in [1.54, 1.807) is 0 Å². The number of rotatable bonds is 36. The first-order chi connectivity index (χ1) is 25.9. The molecular formula is C44H80O9. The predicted octanol–water partition coefficient (Wildman–Crippen LogP) is 9.19. The van der Waals surface area contributed by atoms with E-state index in [0.717, 1.165) is 44.9 Å². The van der Waals surface area contributed by atoms with Crippen molar-refractivity contribution in [2.45, 2.75) is 211 Å². The molecule has 0 aromatic carbocycles. The Hall–Kier alpha value is -1.59. The standard InChI is InChI=1S/C44H80O9/c1-3-5-7-9-11-12-13-14-15-16-17-18-19-20-21-22-23-24-25-26-27-28-30-32-34-50-36-38(52-40(46)33-31-29-10-8-6-4-2)37-51-44-43(49)42(48)41(47)39(35-45)53-44/h13-14,16-17,19-20,38-39,41-45,47-49H,3-12,15,18,21-37H2,1-2H3/b14-13-,17-16-,20-19-. The van der Waals surface area contributed by atoms with E-state index >= 15 is 0 Å². The topological polar surface area (TPSA) is 135 Å². The van der Waals surface area contributed by atoms with E-state index in [9.17, 15) is 25.2 Å². The molecule has 0 aromatic rings. The lowest BCUT2D eigenvalue weighted by Crippen LogP contribution is -2.59. The third-order valence-corrected chi connectivity index (χ3v) is 9.81. The summed E-state index contributed by atoms with van der Waals surface area (Å²) in [5.74, 6) is -0.326. The van der Waals surface area contributed by atoms with Crippen molar-refractivity contribution >= 4 is 5.97 Å². The van der Waals surface area contributed by atoms with Gasteiger partial charge in [0, 0.05) is 13.0 Å². The van der Waals surface area contributed by atoms with Gasteiger partial charge < -0.3 is 39.4 Å². The molecular weight excluding hydrogens is 672 g/mol. The molecule has 9 nitrogen and oxygen atoms in total. The zero-order valence-electron chi connectivity index (χ0n) is 33.8. The molecule has 0 aromatic heterocycles. The maximum atomic E-state index is 12.6. The lowest BCUT2D eigenvalue weighted by molar-refractivity contribution is -0.305. The van der Waals surface area contributed by atoms with Crippen LogP contribution in [0.4, 0.5) is 0 Å². The van der Waals surface area contributed by atoms with Gasteiger partial charge in [0.15, 0.2) is 6.29 Å². The molecule has 4 N–H and O–H groups in total. The van der Waals surface area contributed by atoms with E-state index < -0.39 is 43.4 Å². The number of aliphatic hydroxyl groups excluding tert-OH is 4. The fourth-order valence-electron chi connectivity index (χ4n) is 6.38. The van der Waals surface area contributed by atoms with E-state index in [-0.39, 0.29) is 19.2 Å². The van der Waals surface area contributed by atoms with Crippen molar-refractivity contribution in [3.63, 3.8) is 0 Å². The number of ether oxygens (including phenoxy) is 4. The average Bonchev–Trinajstić information content (AvgIpc) is 3.16. The van der Waals surface area contributed by atoms with E-state index in [0.29, 0.717) is 13.0 Å². The minimum atomic E-state index is -1.53. The Morgan fingerprint density at radius 1 is 0.604 bits per heavy atom. The average molecular weight is 753 g/mol. The summed E-state index contributed by atoms with van der Waals surface area (Å²) in [6.07, 6.45) is 34.9. The third-order valence-electron chi connectivity index (χ3n) is 9.81. The van der Waals surface area contributed by atoms with Crippen molar-refractivity contribution in [2.75, 3.05) is 26.4 Å². The van der Waals surface area contributed by atoms with Crippen LogP contribution in [0, 0.1) is 0 Å². The summed E-state index contributed by atoms with van der Waals surface area (Å²) in [6.45, 7) is 4.46. The van der Waals surface area contributed by atoms with Crippen LogP contribution < -0.4 is 0 Å². The summed E-state index contributed by atoms with van der Waals surface area (Å²) >= 11 is 0. The van der Waals surface area contributed by atoms with Crippen molar-refractivity contribution in [2.24, 2.45) is 0 Å². The monoisotopic (exact) mass is 753 g/mol. The molecule has 0 saturated carbocycles. The first-order valence-electron chi connectivity index (χ1n) is 21.6. The molecule has 0 spiro atoms. The number of hydrogen-bond acceptors (Lipinski definition) is 9. The number of aliphatic hydroxyl groups is 4. The predicted molar refractivity (Wildman–Crippen MR) is 215 cm³/mol. The normalized spacial score (nSPS) is 21.4. The van der Waals surface area contributed by atoms with Crippen LogP contribution in [0.1, 0.15) is 174 Å². The van der Waals surface area contributed by atoms with Crippen LogP contribution in [0.25, 0.3) is 0 Å². The molecule has 6 atom stereocenters. The molecule has 9 heteroatoms. The van der Waals surface area contributed by atoms with E-state index in [2.05, 4.69) is 50.3 Å². The second-order valence-electron chi connectivity index (χ2n) is 14.8. The van der Waals surface area contributed by atoms with Gasteiger partial charge in [-0.2, -0.15) is 0 Å². The van der Waals surface area contributed by atoms with Crippen LogP contribution in [-0.4, -0.2) is 89.6 Å². The highest BCUT2D eigenvalue weighted by atomic mass is 16.7. The Morgan fingerprint density at radius 3 is 1.64 bits per heavy atom. The maximum absolute atomic E-state index is 12.6. The van der Waals surface area contributed by atoms with Gasteiger partial charge >= 0.3 is 5.97 Å². The second kappa shape index (κ2) is 36.1. The molecule has 310 valence electrons. The van der Waals surface area contributed by atoms with Crippen LogP contribution in [0.5, 0.6) is 0 Å². The maximum Gasteiger partial charge on any atom is 0.306 e. The summed E-state index contributed by atoms with van der Waals surface area (Å²) in [7, 11) is 0. The number of esters is 1. The highest BCUT2D eigenvalue weighted by Crippen LogP contribution is 2.22. The van der Waals surface area contributed by atoms with Crippen molar-refractivity contribution in [3.05, 3.63) is 36.5 Å². The molecule has 1 heterocycles. The summed E-state index contributed by atoms with van der Waals surface area (Å²) in [6, 6.07) is 0. The first-order valence-corrected chi connectivity index (χ1v) is 21.6. The van der Waals surface area contributed by atoms with Gasteiger partial charge in [-0.3, -0.25) is 4.79 Å². The van der Waals surface area contributed by atoms with Crippen molar-refractivity contribution in [1.29, 1.82) is 0 Å². The Balaban J connectivity index is 2.15. The van der Waals surface area contributed by atoms with Gasteiger partial charge in [0.2, 0.25) is 0 Å². The lowest BCUT2D eigenvalue weighted by Gasteiger charge is -2.39. The molecule has 0 bridgehead atoms. The molecule has 0 aliphatic carbocycles. The molecule has 6 unspecified atom stereocenters. The number of carbonyl (C=O) groups excluding carboxylic acids is 1. The number of hydrogen-bond donors (Lipinski definition) is 4. The Labute approximate surface area is 323 Å². The molecule has 0 amide bonds. The number of unbranched alkanes of at least 4 members (excludes halogenated alkanes) is 19. The second-order valence-corrected chi connectivity index (χ2v) is 14.8. The van der Waals surface area contributed by atoms with E-state index in [4.69, 9.17) is 18.9 Å². The SMILES string of the molecule is CCCCCCC/C=C\C/C=C\C/C=C\CCCCCCCCCCCOCC(COC1OC(CO)C(O)C(O)C1O)OC(=O)CCCCCCCC. The van der Waals surface area contributed by atoms with E-state index in [1.807, 2.05) is 0 Å².